The number of halogens is 1. The number of carbonyl (C=O) groups is 2. The van der Waals surface area contributed by atoms with Crippen molar-refractivity contribution in [2.24, 2.45) is 0 Å². The maximum Gasteiger partial charge on any atom is 0.339 e. The van der Waals surface area contributed by atoms with E-state index >= 15 is 0 Å². The van der Waals surface area contributed by atoms with Gasteiger partial charge in [0.25, 0.3) is 4.87 Å². The van der Waals surface area contributed by atoms with Gasteiger partial charge in [0, 0.05) is 4.92 Å². The summed E-state index contributed by atoms with van der Waals surface area (Å²) in [5.74, 6) is -4.30. The van der Waals surface area contributed by atoms with Gasteiger partial charge in [-0.1, -0.05) is 41.9 Å². The summed E-state index contributed by atoms with van der Waals surface area (Å²) in [7, 11) is 0.969. The topological polar surface area (TPSA) is 107 Å². The fraction of sp³-hybridized carbons (Fsp3) is 0.333. The van der Waals surface area contributed by atoms with Crippen molar-refractivity contribution in [1.29, 1.82) is 0 Å². The second kappa shape index (κ2) is 6.33. The van der Waals surface area contributed by atoms with Crippen LogP contribution in [0.1, 0.15) is 11.5 Å². The van der Waals surface area contributed by atoms with Crippen LogP contribution in [0.5, 0.6) is 0 Å². The maximum absolute atomic E-state index is 11.7. The molecule has 108 valence electrons. The van der Waals surface area contributed by atoms with Crippen molar-refractivity contribution >= 4 is 23.5 Å². The highest BCUT2D eigenvalue weighted by Crippen LogP contribution is 2.36. The molecule has 20 heavy (non-hydrogen) atoms. The number of carboxylic acids is 1. The van der Waals surface area contributed by atoms with Crippen molar-refractivity contribution in [3.63, 3.8) is 0 Å². The molecule has 1 aromatic carbocycles. The molecule has 1 aromatic rings. The van der Waals surface area contributed by atoms with Crippen LogP contribution >= 0.6 is 11.6 Å². The summed E-state index contributed by atoms with van der Waals surface area (Å²) in [4.78, 5) is 30.6. The number of carboxylic acid groups (broad SMARTS) is 1. The number of carbonyl (C=O) groups excluding carboxylic acids is 1. The van der Waals surface area contributed by atoms with Gasteiger partial charge in [-0.15, -0.1) is 0 Å². The first-order valence-electron chi connectivity index (χ1n) is 5.51. The van der Waals surface area contributed by atoms with Gasteiger partial charge in [0.15, 0.2) is 0 Å². The molecule has 0 aliphatic carbocycles. The Morgan fingerprint density at radius 3 is 2.40 bits per heavy atom. The van der Waals surface area contributed by atoms with Gasteiger partial charge in [0.05, 0.1) is 13.0 Å². The number of esters is 1. The van der Waals surface area contributed by atoms with Gasteiger partial charge in [0.2, 0.25) is 6.54 Å². The lowest BCUT2D eigenvalue weighted by Crippen LogP contribution is -2.49. The predicted molar refractivity (Wildman–Crippen MR) is 69.3 cm³/mol. The zero-order chi connectivity index (χ0) is 15.3. The molecule has 0 heterocycles. The van der Waals surface area contributed by atoms with Crippen molar-refractivity contribution < 1.29 is 24.4 Å². The highest BCUT2D eigenvalue weighted by molar-refractivity contribution is 6.45. The van der Waals surface area contributed by atoms with Gasteiger partial charge in [-0.05, 0) is 5.56 Å². The Morgan fingerprint density at radius 1 is 1.45 bits per heavy atom. The zero-order valence-electron chi connectivity index (χ0n) is 10.5. The monoisotopic (exact) mass is 301 g/mol. The summed E-state index contributed by atoms with van der Waals surface area (Å²) in [5.41, 5.74) is 0.270. The lowest BCUT2D eigenvalue weighted by atomic mass is 9.85. The molecule has 0 amide bonds. The fourth-order valence-corrected chi connectivity index (χ4v) is 2.09. The van der Waals surface area contributed by atoms with Crippen LogP contribution in [0, 0.1) is 10.1 Å². The minimum absolute atomic E-state index is 0.270. The molecule has 7 nitrogen and oxygen atoms in total. The van der Waals surface area contributed by atoms with Crippen molar-refractivity contribution in [1.82, 2.24) is 0 Å². The number of methoxy groups -OCH3 is 1. The molecule has 1 N–H and O–H groups in total. The van der Waals surface area contributed by atoms with Crippen LogP contribution in [-0.4, -0.2) is 40.5 Å². The van der Waals surface area contributed by atoms with E-state index in [9.17, 15) is 24.8 Å². The number of nitrogens with zero attached hydrogens (tertiary/aromatic N) is 1. The summed E-state index contributed by atoms with van der Waals surface area (Å²) >= 11 is 5.89. The molecule has 0 aliphatic heterocycles. The number of hydrogen-bond acceptors (Lipinski definition) is 5. The molecule has 0 saturated heterocycles. The molecule has 0 aromatic heterocycles. The lowest BCUT2D eigenvalue weighted by molar-refractivity contribution is -0.483. The molecule has 0 spiro atoms. The first kappa shape index (κ1) is 15.9. The SMILES string of the molecule is COC(=O)C(Cl)(C(=O)O)C(C[N+](=O)[O-])c1ccccc1. The van der Waals surface area contributed by atoms with Crippen molar-refractivity contribution in [2.45, 2.75) is 10.8 Å². The number of nitro groups is 1. The Morgan fingerprint density at radius 2 is 2.00 bits per heavy atom. The average Bonchev–Trinajstić information content (AvgIpc) is 2.43. The summed E-state index contributed by atoms with van der Waals surface area (Å²) in [6.07, 6.45) is 0. The molecule has 0 radical (unpaired) electrons. The van der Waals surface area contributed by atoms with Crippen molar-refractivity contribution in [3.05, 3.63) is 46.0 Å². The third-order valence-electron chi connectivity index (χ3n) is 2.81. The Balaban J connectivity index is 3.37. The molecule has 0 aliphatic rings. The van der Waals surface area contributed by atoms with Gasteiger partial charge >= 0.3 is 11.9 Å². The number of ether oxygens (including phenoxy) is 1. The van der Waals surface area contributed by atoms with Crippen LogP contribution in [-0.2, 0) is 14.3 Å². The molecular formula is C12H12ClNO6. The highest BCUT2D eigenvalue weighted by Gasteiger charge is 2.55. The molecule has 8 heteroatoms. The molecule has 0 fully saturated rings. The van der Waals surface area contributed by atoms with E-state index in [1.165, 1.54) is 12.1 Å². The van der Waals surface area contributed by atoms with Crippen LogP contribution in [0.4, 0.5) is 0 Å². The van der Waals surface area contributed by atoms with Gasteiger partial charge in [-0.3, -0.25) is 10.1 Å². The summed E-state index contributed by atoms with van der Waals surface area (Å²) in [5, 5.41) is 20.0. The number of alkyl halides is 1. The highest BCUT2D eigenvalue weighted by atomic mass is 35.5. The van der Waals surface area contributed by atoms with Gasteiger partial charge in [0.1, 0.15) is 0 Å². The van der Waals surface area contributed by atoms with E-state index in [4.69, 9.17) is 11.6 Å². The van der Waals surface area contributed by atoms with E-state index < -0.39 is 34.2 Å². The minimum atomic E-state index is -2.55. The predicted octanol–water partition coefficient (Wildman–Crippen LogP) is 1.28. The molecule has 0 saturated carbocycles. The first-order chi connectivity index (χ1) is 9.33. The third-order valence-corrected chi connectivity index (χ3v) is 3.39. The van der Waals surface area contributed by atoms with Crippen LogP contribution in [0.25, 0.3) is 0 Å². The fourth-order valence-electron chi connectivity index (χ4n) is 1.82. The molecule has 1 rings (SSSR count). The number of aliphatic carboxylic acids is 1. The third kappa shape index (κ3) is 3.05. The lowest BCUT2D eigenvalue weighted by Gasteiger charge is -2.26. The van der Waals surface area contributed by atoms with E-state index in [-0.39, 0.29) is 5.56 Å². The van der Waals surface area contributed by atoms with Crippen LogP contribution in [0.15, 0.2) is 30.3 Å². The van der Waals surface area contributed by atoms with Crippen molar-refractivity contribution in [3.8, 4) is 0 Å². The maximum atomic E-state index is 11.7. The number of rotatable bonds is 6. The smallest absolute Gasteiger partial charge is 0.339 e. The van der Waals surface area contributed by atoms with E-state index in [0.717, 1.165) is 7.11 Å². The molecule has 2 atom stereocenters. The van der Waals surface area contributed by atoms with Gasteiger partial charge in [-0.25, -0.2) is 9.59 Å². The average molecular weight is 302 g/mol. The van der Waals surface area contributed by atoms with E-state index in [1.54, 1.807) is 18.2 Å². The number of benzene rings is 1. The summed E-state index contributed by atoms with van der Waals surface area (Å²) < 4.78 is 4.39. The Bertz CT molecular complexity index is 520. The van der Waals surface area contributed by atoms with E-state index in [0.29, 0.717) is 0 Å². The number of hydrogen-bond donors (Lipinski definition) is 1. The largest absolute Gasteiger partial charge is 0.479 e. The Hall–Kier alpha value is -2.15. The molecule has 2 unspecified atom stereocenters. The van der Waals surface area contributed by atoms with E-state index in [1.807, 2.05) is 0 Å². The summed E-state index contributed by atoms with van der Waals surface area (Å²) in [6.45, 7) is -0.811. The molecular weight excluding hydrogens is 290 g/mol. The molecule has 0 bridgehead atoms. The van der Waals surface area contributed by atoms with Gasteiger partial charge in [-0.2, -0.15) is 0 Å². The van der Waals surface area contributed by atoms with E-state index in [2.05, 4.69) is 4.74 Å². The van der Waals surface area contributed by atoms with Crippen LogP contribution < -0.4 is 0 Å². The Labute approximate surface area is 119 Å². The van der Waals surface area contributed by atoms with Gasteiger partial charge < -0.3 is 9.84 Å². The second-order valence-corrected chi connectivity index (χ2v) is 4.58. The summed E-state index contributed by atoms with van der Waals surface area (Å²) in [6, 6.07) is 7.73. The Kier molecular flexibility index (Phi) is 5.04. The van der Waals surface area contributed by atoms with Crippen LogP contribution in [0.3, 0.4) is 0 Å². The van der Waals surface area contributed by atoms with Crippen molar-refractivity contribution in [2.75, 3.05) is 13.7 Å². The second-order valence-electron chi connectivity index (χ2n) is 3.99. The quantitative estimate of drug-likeness (QED) is 0.279. The van der Waals surface area contributed by atoms with Crippen LogP contribution in [0.2, 0.25) is 0 Å². The normalized spacial score (nSPS) is 14.9. The standard InChI is InChI=1S/C12H12ClNO6/c1-20-11(17)12(13,10(15)16)9(7-14(18)19)8-5-3-2-4-6-8/h2-6,9H,7H2,1H3,(H,15,16). The first-order valence-corrected chi connectivity index (χ1v) is 5.89. The zero-order valence-corrected chi connectivity index (χ0v) is 11.2. The minimum Gasteiger partial charge on any atom is -0.479 e.